The van der Waals surface area contributed by atoms with Crippen LogP contribution in [0.15, 0.2) is 59.1 Å². The number of halogens is 2. The van der Waals surface area contributed by atoms with Gasteiger partial charge < -0.3 is 15.2 Å². The maximum Gasteiger partial charge on any atom is 0.266 e. The van der Waals surface area contributed by atoms with Crippen LogP contribution in [0.3, 0.4) is 0 Å². The molecule has 0 fully saturated rings. The van der Waals surface area contributed by atoms with Crippen LogP contribution >= 0.6 is 38.5 Å². The zero-order valence-electron chi connectivity index (χ0n) is 13.5. The molecule has 0 heterocycles. The van der Waals surface area contributed by atoms with Gasteiger partial charge >= 0.3 is 0 Å². The minimum Gasteiger partial charge on any atom is -0.508 e. The smallest absolute Gasteiger partial charge is 0.266 e. The minimum absolute atomic E-state index is 0.0412. The van der Waals surface area contributed by atoms with Gasteiger partial charge in [0.25, 0.3) is 5.91 Å². The van der Waals surface area contributed by atoms with E-state index in [1.165, 1.54) is 18.2 Å². The normalized spacial score (nSPS) is 10.7. The molecule has 0 unspecified atom stereocenters. The van der Waals surface area contributed by atoms with Gasteiger partial charge in [0.2, 0.25) is 0 Å². The number of nitrogens with zero attached hydrogens (tertiary/aromatic N) is 1. The zero-order chi connectivity index (χ0) is 19.1. The van der Waals surface area contributed by atoms with Gasteiger partial charge in [-0.25, -0.2) is 0 Å². The van der Waals surface area contributed by atoms with Gasteiger partial charge in [0.05, 0.1) is 8.04 Å². The number of amides is 1. The standard InChI is InChI=1S/C19H14BrIN2O3/c1-2-7-26-18-16(20)9-12(10-17(18)21)8-13(11-22)19(25)23-14-3-5-15(24)6-4-14/h2-6,8-10,24H,1,7H2,(H,23,25)/b13-8+. The molecule has 26 heavy (non-hydrogen) atoms. The highest BCUT2D eigenvalue weighted by molar-refractivity contribution is 14.1. The molecule has 0 radical (unpaired) electrons. The molecule has 1 amide bonds. The monoisotopic (exact) mass is 524 g/mol. The van der Waals surface area contributed by atoms with E-state index in [4.69, 9.17) is 4.74 Å². The van der Waals surface area contributed by atoms with E-state index in [1.807, 2.05) is 12.1 Å². The number of aromatic hydroxyl groups is 1. The molecule has 0 spiro atoms. The Morgan fingerprint density at radius 3 is 2.65 bits per heavy atom. The van der Waals surface area contributed by atoms with E-state index < -0.39 is 5.91 Å². The van der Waals surface area contributed by atoms with Crippen molar-refractivity contribution in [2.75, 3.05) is 11.9 Å². The predicted octanol–water partition coefficient (Wildman–Crippen LogP) is 4.87. The van der Waals surface area contributed by atoms with Crippen LogP contribution in [0.4, 0.5) is 5.69 Å². The van der Waals surface area contributed by atoms with Crippen LogP contribution in [0.25, 0.3) is 6.08 Å². The van der Waals surface area contributed by atoms with Crippen molar-refractivity contribution in [2.24, 2.45) is 0 Å². The van der Waals surface area contributed by atoms with Gasteiger partial charge in [-0.2, -0.15) is 5.26 Å². The largest absolute Gasteiger partial charge is 0.508 e. The number of phenols is 1. The predicted molar refractivity (Wildman–Crippen MR) is 113 cm³/mol. The topological polar surface area (TPSA) is 82.3 Å². The SMILES string of the molecule is C=CCOc1c(Br)cc(/C=C(\C#N)C(=O)Nc2ccc(O)cc2)cc1I. The number of anilines is 1. The average molecular weight is 525 g/mol. The van der Waals surface area contributed by atoms with Crippen LogP contribution in [-0.4, -0.2) is 17.6 Å². The Morgan fingerprint density at radius 1 is 1.38 bits per heavy atom. The summed E-state index contributed by atoms with van der Waals surface area (Å²) in [7, 11) is 0. The first kappa shape index (κ1) is 20.0. The Hall–Kier alpha value is -2.31. The van der Waals surface area contributed by atoms with Crippen LogP contribution in [0.2, 0.25) is 0 Å². The second kappa shape index (κ2) is 9.40. The molecule has 2 aromatic rings. The Kier molecular flexibility index (Phi) is 7.24. The van der Waals surface area contributed by atoms with E-state index in [0.717, 1.165) is 3.57 Å². The number of hydrogen-bond acceptors (Lipinski definition) is 4. The van der Waals surface area contributed by atoms with Gasteiger partial charge in [0, 0.05) is 5.69 Å². The van der Waals surface area contributed by atoms with E-state index in [9.17, 15) is 15.2 Å². The lowest BCUT2D eigenvalue weighted by atomic mass is 10.1. The highest BCUT2D eigenvalue weighted by Crippen LogP contribution is 2.32. The lowest BCUT2D eigenvalue weighted by Gasteiger charge is -2.10. The first-order chi connectivity index (χ1) is 12.4. The molecule has 0 aliphatic heterocycles. The number of hydrogen-bond donors (Lipinski definition) is 2. The van der Waals surface area contributed by atoms with Crippen molar-refractivity contribution in [2.45, 2.75) is 0 Å². The van der Waals surface area contributed by atoms with E-state index >= 15 is 0 Å². The summed E-state index contributed by atoms with van der Waals surface area (Å²) in [5, 5.41) is 21.2. The van der Waals surface area contributed by atoms with Gasteiger partial charge in [-0.05, 0) is 86.6 Å². The number of benzene rings is 2. The summed E-state index contributed by atoms with van der Waals surface area (Å²) >= 11 is 5.56. The fraction of sp³-hybridized carbons (Fsp3) is 0.0526. The van der Waals surface area contributed by atoms with Crippen molar-refractivity contribution in [1.29, 1.82) is 5.26 Å². The molecule has 0 aromatic heterocycles. The van der Waals surface area contributed by atoms with E-state index in [-0.39, 0.29) is 11.3 Å². The molecule has 0 saturated carbocycles. The number of nitrogens with one attached hydrogen (secondary N) is 1. The van der Waals surface area contributed by atoms with Crippen molar-refractivity contribution in [3.05, 3.63) is 68.2 Å². The van der Waals surface area contributed by atoms with E-state index in [0.29, 0.717) is 28.1 Å². The molecular weight excluding hydrogens is 511 g/mol. The van der Waals surface area contributed by atoms with Crippen LogP contribution in [0.5, 0.6) is 11.5 Å². The third kappa shape index (κ3) is 5.34. The van der Waals surface area contributed by atoms with Gasteiger partial charge in [0.15, 0.2) is 0 Å². The molecule has 0 atom stereocenters. The molecule has 0 aliphatic rings. The zero-order valence-corrected chi connectivity index (χ0v) is 17.2. The molecule has 0 aliphatic carbocycles. The first-order valence-electron chi connectivity index (χ1n) is 7.39. The maximum atomic E-state index is 12.3. The fourth-order valence-corrected chi connectivity index (χ4v) is 3.77. The van der Waals surface area contributed by atoms with Crippen LogP contribution < -0.4 is 10.1 Å². The highest BCUT2D eigenvalue weighted by Gasteiger charge is 2.12. The number of phenolic OH excluding ortho intramolecular Hbond substituents is 1. The van der Waals surface area contributed by atoms with Gasteiger partial charge in [-0.3, -0.25) is 4.79 Å². The average Bonchev–Trinajstić information content (AvgIpc) is 2.61. The molecule has 2 rings (SSSR count). The van der Waals surface area contributed by atoms with Crippen LogP contribution in [0.1, 0.15) is 5.56 Å². The Morgan fingerprint density at radius 2 is 2.08 bits per heavy atom. The first-order valence-corrected chi connectivity index (χ1v) is 9.26. The number of rotatable bonds is 6. The second-order valence-corrected chi connectivity index (χ2v) is 7.10. The number of carbonyl (C=O) groups is 1. The minimum atomic E-state index is -0.531. The Balaban J connectivity index is 2.24. The van der Waals surface area contributed by atoms with Crippen LogP contribution in [-0.2, 0) is 4.79 Å². The van der Waals surface area contributed by atoms with Crippen molar-refractivity contribution < 1.29 is 14.6 Å². The van der Waals surface area contributed by atoms with E-state index in [1.54, 1.807) is 24.3 Å². The molecule has 7 heteroatoms. The summed E-state index contributed by atoms with van der Waals surface area (Å²) in [5.41, 5.74) is 1.13. The molecule has 132 valence electrons. The van der Waals surface area contributed by atoms with Crippen molar-refractivity contribution in [1.82, 2.24) is 0 Å². The number of ether oxygens (including phenoxy) is 1. The number of nitriles is 1. The summed E-state index contributed by atoms with van der Waals surface area (Å²) < 4.78 is 7.13. The molecule has 5 nitrogen and oxygen atoms in total. The Bertz CT molecular complexity index is 879. The lowest BCUT2D eigenvalue weighted by Crippen LogP contribution is -2.13. The summed E-state index contributed by atoms with van der Waals surface area (Å²) in [6.45, 7) is 3.99. The summed E-state index contributed by atoms with van der Waals surface area (Å²) in [4.78, 5) is 12.3. The van der Waals surface area contributed by atoms with Gasteiger partial charge in [0.1, 0.15) is 29.7 Å². The lowest BCUT2D eigenvalue weighted by molar-refractivity contribution is -0.112. The van der Waals surface area contributed by atoms with Crippen molar-refractivity contribution in [3.63, 3.8) is 0 Å². The quantitative estimate of drug-likeness (QED) is 0.186. The summed E-state index contributed by atoms with van der Waals surface area (Å²) in [6.07, 6.45) is 3.15. The van der Waals surface area contributed by atoms with Crippen molar-refractivity contribution >= 4 is 56.2 Å². The number of carbonyl (C=O) groups excluding carboxylic acids is 1. The molecule has 2 aromatic carbocycles. The maximum absolute atomic E-state index is 12.3. The van der Waals surface area contributed by atoms with E-state index in [2.05, 4.69) is 50.4 Å². The fourth-order valence-electron chi connectivity index (χ4n) is 2.00. The summed E-state index contributed by atoms with van der Waals surface area (Å²) in [6, 6.07) is 11.5. The van der Waals surface area contributed by atoms with Crippen LogP contribution in [0, 0.1) is 14.9 Å². The molecule has 0 bridgehead atoms. The van der Waals surface area contributed by atoms with Gasteiger partial charge in [-0.15, -0.1) is 0 Å². The third-order valence-corrected chi connectivity index (χ3v) is 4.56. The second-order valence-electron chi connectivity index (χ2n) is 5.08. The van der Waals surface area contributed by atoms with Gasteiger partial charge in [-0.1, -0.05) is 12.7 Å². The van der Waals surface area contributed by atoms with Crippen molar-refractivity contribution in [3.8, 4) is 17.6 Å². The third-order valence-electron chi connectivity index (χ3n) is 3.17. The molecule has 0 saturated heterocycles. The highest BCUT2D eigenvalue weighted by atomic mass is 127. The summed E-state index contributed by atoms with van der Waals surface area (Å²) in [5.74, 6) is 0.239. The molecular formula is C19H14BrIN2O3. The molecule has 2 N–H and O–H groups in total. The Labute approximate surface area is 173 Å².